The molecule has 0 saturated heterocycles. The molecular formula is C9H10N2O. The minimum atomic E-state index is 0.0854. The molecule has 1 rings (SSSR count). The van der Waals surface area contributed by atoms with E-state index in [9.17, 15) is 0 Å². The zero-order valence-electron chi connectivity index (χ0n) is 6.82. The van der Waals surface area contributed by atoms with E-state index < -0.39 is 0 Å². The third-order valence-electron chi connectivity index (χ3n) is 1.19. The van der Waals surface area contributed by atoms with Crippen LogP contribution in [0.3, 0.4) is 0 Å². The average Bonchev–Trinajstić information content (AvgIpc) is 2.05. The Bertz CT molecular complexity index is 280. The summed E-state index contributed by atoms with van der Waals surface area (Å²) in [5, 5.41) is 10.5. The van der Waals surface area contributed by atoms with Gasteiger partial charge in [-0.2, -0.15) is 0 Å². The molecule has 0 heterocycles. The summed E-state index contributed by atoms with van der Waals surface area (Å²) in [6, 6.07) is 9.58. The van der Waals surface area contributed by atoms with Gasteiger partial charge in [-0.05, 0) is 5.56 Å². The van der Waals surface area contributed by atoms with Crippen LogP contribution in [0.1, 0.15) is 12.5 Å². The van der Waals surface area contributed by atoms with Crippen LogP contribution < -0.4 is 0 Å². The molecule has 0 bridgehead atoms. The van der Waals surface area contributed by atoms with Gasteiger partial charge in [-0.25, -0.2) is 0 Å². The van der Waals surface area contributed by atoms with E-state index in [1.54, 1.807) is 6.21 Å². The number of oxime groups is 1. The summed E-state index contributed by atoms with van der Waals surface area (Å²) in [7, 11) is 0. The minimum absolute atomic E-state index is 0.0854. The maximum atomic E-state index is 6.92. The number of hydrogen-bond donors (Lipinski definition) is 1. The fraction of sp³-hybridized carbons (Fsp3) is 0.111. The Morgan fingerprint density at radius 1 is 1.42 bits per heavy atom. The van der Waals surface area contributed by atoms with Crippen LogP contribution in [0.25, 0.3) is 0 Å². The van der Waals surface area contributed by atoms with Crippen LogP contribution in [0.15, 0.2) is 35.5 Å². The average molecular weight is 162 g/mol. The summed E-state index contributed by atoms with van der Waals surface area (Å²) in [5.74, 6) is 0.0854. The van der Waals surface area contributed by atoms with Gasteiger partial charge in [0.15, 0.2) is 0 Å². The second-order valence-electron chi connectivity index (χ2n) is 2.29. The first-order valence-corrected chi connectivity index (χ1v) is 3.59. The van der Waals surface area contributed by atoms with Gasteiger partial charge in [-0.3, -0.25) is 5.41 Å². The van der Waals surface area contributed by atoms with Gasteiger partial charge in [-0.1, -0.05) is 35.5 Å². The van der Waals surface area contributed by atoms with Gasteiger partial charge in [0.1, 0.15) is 0 Å². The highest BCUT2D eigenvalue weighted by atomic mass is 16.6. The third kappa shape index (κ3) is 2.96. The molecule has 0 amide bonds. The van der Waals surface area contributed by atoms with Crippen molar-refractivity contribution in [3.05, 3.63) is 35.9 Å². The molecule has 0 saturated carbocycles. The molecule has 3 nitrogen and oxygen atoms in total. The molecule has 0 aliphatic carbocycles. The quantitative estimate of drug-likeness (QED) is 0.403. The van der Waals surface area contributed by atoms with Crippen molar-refractivity contribution in [2.24, 2.45) is 5.16 Å². The fourth-order valence-corrected chi connectivity index (χ4v) is 0.705. The summed E-state index contributed by atoms with van der Waals surface area (Å²) in [5.41, 5.74) is 0.957. The zero-order chi connectivity index (χ0) is 8.81. The Kier molecular flexibility index (Phi) is 3.02. The van der Waals surface area contributed by atoms with E-state index in [-0.39, 0.29) is 5.90 Å². The Morgan fingerprint density at radius 3 is 2.67 bits per heavy atom. The SMILES string of the molecule is CC(=N)O/N=C/c1ccccc1. The van der Waals surface area contributed by atoms with Crippen molar-refractivity contribution < 1.29 is 4.84 Å². The Labute approximate surface area is 71.2 Å². The first-order chi connectivity index (χ1) is 5.79. The number of hydrogen-bond acceptors (Lipinski definition) is 3. The molecule has 12 heavy (non-hydrogen) atoms. The second-order valence-corrected chi connectivity index (χ2v) is 2.29. The maximum absolute atomic E-state index is 6.92. The Balaban J connectivity index is 2.52. The maximum Gasteiger partial charge on any atom is 0.214 e. The van der Waals surface area contributed by atoms with Crippen LogP contribution in [0.4, 0.5) is 0 Å². The predicted molar refractivity (Wildman–Crippen MR) is 48.5 cm³/mol. The molecule has 3 heteroatoms. The van der Waals surface area contributed by atoms with Crippen molar-refractivity contribution in [2.45, 2.75) is 6.92 Å². The van der Waals surface area contributed by atoms with Crippen molar-refractivity contribution in [1.29, 1.82) is 5.41 Å². The normalized spacial score (nSPS) is 10.1. The molecule has 1 aromatic carbocycles. The molecule has 1 N–H and O–H groups in total. The summed E-state index contributed by atoms with van der Waals surface area (Å²) < 4.78 is 0. The lowest BCUT2D eigenvalue weighted by molar-refractivity contribution is 0.324. The van der Waals surface area contributed by atoms with E-state index in [4.69, 9.17) is 5.41 Å². The minimum Gasteiger partial charge on any atom is -0.342 e. The highest BCUT2D eigenvalue weighted by molar-refractivity contribution is 5.80. The number of nitrogens with zero attached hydrogens (tertiary/aromatic N) is 1. The summed E-state index contributed by atoms with van der Waals surface area (Å²) in [6.45, 7) is 1.53. The molecule has 1 aromatic rings. The fourth-order valence-electron chi connectivity index (χ4n) is 0.705. The predicted octanol–water partition coefficient (Wildman–Crippen LogP) is 2.03. The molecular weight excluding hydrogens is 152 g/mol. The topological polar surface area (TPSA) is 45.4 Å². The lowest BCUT2D eigenvalue weighted by Gasteiger charge is -1.92. The van der Waals surface area contributed by atoms with E-state index in [1.807, 2.05) is 30.3 Å². The van der Waals surface area contributed by atoms with E-state index in [2.05, 4.69) is 9.99 Å². The van der Waals surface area contributed by atoms with E-state index in [0.717, 1.165) is 5.56 Å². The molecule has 0 aliphatic heterocycles. The summed E-state index contributed by atoms with van der Waals surface area (Å²) in [4.78, 5) is 4.60. The van der Waals surface area contributed by atoms with Gasteiger partial charge in [0, 0.05) is 6.92 Å². The first kappa shape index (κ1) is 8.46. The van der Waals surface area contributed by atoms with E-state index in [1.165, 1.54) is 6.92 Å². The van der Waals surface area contributed by atoms with Crippen LogP contribution >= 0.6 is 0 Å². The molecule has 0 spiro atoms. The van der Waals surface area contributed by atoms with Crippen molar-refractivity contribution in [2.75, 3.05) is 0 Å². The van der Waals surface area contributed by atoms with Crippen LogP contribution in [0, 0.1) is 5.41 Å². The molecule has 0 fully saturated rings. The summed E-state index contributed by atoms with van der Waals surface area (Å²) >= 11 is 0. The first-order valence-electron chi connectivity index (χ1n) is 3.59. The van der Waals surface area contributed by atoms with Crippen molar-refractivity contribution in [3.63, 3.8) is 0 Å². The molecule has 0 aromatic heterocycles. The van der Waals surface area contributed by atoms with E-state index >= 15 is 0 Å². The van der Waals surface area contributed by atoms with Gasteiger partial charge < -0.3 is 4.84 Å². The number of benzene rings is 1. The molecule has 0 aliphatic rings. The van der Waals surface area contributed by atoms with Crippen molar-refractivity contribution in [3.8, 4) is 0 Å². The van der Waals surface area contributed by atoms with Crippen LogP contribution in [0.2, 0.25) is 0 Å². The molecule has 0 atom stereocenters. The molecule has 0 unspecified atom stereocenters. The highest BCUT2D eigenvalue weighted by Crippen LogP contribution is 1.93. The molecule has 0 radical (unpaired) electrons. The van der Waals surface area contributed by atoms with Crippen LogP contribution in [-0.4, -0.2) is 12.1 Å². The standard InChI is InChI=1S/C9H10N2O/c1-8(10)12-11-7-9-5-3-2-4-6-9/h2-7,10H,1H3/b10-8?,11-7+. The van der Waals surface area contributed by atoms with E-state index in [0.29, 0.717) is 0 Å². The lowest BCUT2D eigenvalue weighted by atomic mass is 10.2. The van der Waals surface area contributed by atoms with Gasteiger partial charge in [-0.15, -0.1) is 0 Å². The highest BCUT2D eigenvalue weighted by Gasteiger charge is 1.84. The smallest absolute Gasteiger partial charge is 0.214 e. The van der Waals surface area contributed by atoms with Gasteiger partial charge in [0.2, 0.25) is 5.90 Å². The third-order valence-corrected chi connectivity index (χ3v) is 1.19. The second kappa shape index (κ2) is 4.28. The van der Waals surface area contributed by atoms with Crippen molar-refractivity contribution >= 4 is 12.1 Å². The monoisotopic (exact) mass is 162 g/mol. The Morgan fingerprint density at radius 2 is 2.08 bits per heavy atom. The molecule has 62 valence electrons. The lowest BCUT2D eigenvalue weighted by Crippen LogP contribution is -1.90. The van der Waals surface area contributed by atoms with Crippen molar-refractivity contribution in [1.82, 2.24) is 0 Å². The number of nitrogens with one attached hydrogen (secondary N) is 1. The summed E-state index contributed by atoms with van der Waals surface area (Å²) in [6.07, 6.45) is 1.57. The van der Waals surface area contributed by atoms with Gasteiger partial charge in [0.25, 0.3) is 0 Å². The van der Waals surface area contributed by atoms with Crippen LogP contribution in [-0.2, 0) is 4.84 Å². The Hall–Kier alpha value is -1.64. The zero-order valence-corrected chi connectivity index (χ0v) is 6.82. The van der Waals surface area contributed by atoms with Gasteiger partial charge in [0.05, 0.1) is 6.21 Å². The van der Waals surface area contributed by atoms with Gasteiger partial charge >= 0.3 is 0 Å². The largest absolute Gasteiger partial charge is 0.342 e. The number of rotatable bonds is 2. The van der Waals surface area contributed by atoms with Crippen LogP contribution in [0.5, 0.6) is 0 Å².